The maximum Gasteiger partial charge on any atom is 0.127 e. The van der Waals surface area contributed by atoms with Crippen molar-refractivity contribution in [3.05, 3.63) is 65.7 Å². The molecule has 0 fully saturated rings. The zero-order chi connectivity index (χ0) is 13.9. The second-order valence-electron chi connectivity index (χ2n) is 4.47. The Kier molecular flexibility index (Phi) is 3.65. The molecule has 0 bridgehead atoms. The van der Waals surface area contributed by atoms with Crippen LogP contribution in [0.5, 0.6) is 0 Å². The highest BCUT2D eigenvalue weighted by Crippen LogP contribution is 2.28. The van der Waals surface area contributed by atoms with Crippen LogP contribution in [0.3, 0.4) is 0 Å². The summed E-state index contributed by atoms with van der Waals surface area (Å²) in [4.78, 5) is 8.89. The normalized spacial score (nSPS) is 10.9. The van der Waals surface area contributed by atoms with Gasteiger partial charge in [0.15, 0.2) is 0 Å². The average Bonchev–Trinajstić information content (AvgIpc) is 2.46. The van der Waals surface area contributed by atoms with Crippen molar-refractivity contribution in [2.75, 3.05) is 0 Å². The molecule has 0 aliphatic heterocycles. The van der Waals surface area contributed by atoms with Gasteiger partial charge in [-0.15, -0.1) is 11.8 Å². The van der Waals surface area contributed by atoms with Gasteiger partial charge in [-0.1, -0.05) is 36.4 Å². The van der Waals surface area contributed by atoms with E-state index in [-0.39, 0.29) is 5.82 Å². The molecule has 0 unspecified atom stereocenters. The third kappa shape index (κ3) is 2.65. The van der Waals surface area contributed by atoms with Crippen LogP contribution in [-0.4, -0.2) is 9.97 Å². The standard InChI is InChI=1S/C16H13FN2S/c1-11-18-15-9-5-3-7-13(15)16(19-11)20-10-12-6-2-4-8-14(12)17/h2-9H,10H2,1H3. The molecule has 2 nitrogen and oxygen atoms in total. The van der Waals surface area contributed by atoms with Crippen LogP contribution >= 0.6 is 11.8 Å². The predicted octanol–water partition coefficient (Wildman–Crippen LogP) is 4.37. The topological polar surface area (TPSA) is 25.8 Å². The van der Waals surface area contributed by atoms with Crippen molar-refractivity contribution in [3.8, 4) is 0 Å². The van der Waals surface area contributed by atoms with E-state index in [9.17, 15) is 4.39 Å². The second-order valence-corrected chi connectivity index (χ2v) is 5.44. The fraction of sp³-hybridized carbons (Fsp3) is 0.125. The Bertz CT molecular complexity index is 758. The lowest BCUT2D eigenvalue weighted by atomic mass is 10.2. The fourth-order valence-electron chi connectivity index (χ4n) is 2.03. The molecule has 0 spiro atoms. The zero-order valence-corrected chi connectivity index (χ0v) is 11.8. The maximum absolute atomic E-state index is 13.6. The average molecular weight is 284 g/mol. The predicted molar refractivity (Wildman–Crippen MR) is 80.2 cm³/mol. The van der Waals surface area contributed by atoms with Gasteiger partial charge in [0.1, 0.15) is 16.7 Å². The summed E-state index contributed by atoms with van der Waals surface area (Å²) in [6.07, 6.45) is 0. The smallest absolute Gasteiger partial charge is 0.127 e. The van der Waals surface area contributed by atoms with Crippen molar-refractivity contribution in [2.24, 2.45) is 0 Å². The molecule has 0 N–H and O–H groups in total. The molecule has 0 amide bonds. The van der Waals surface area contributed by atoms with E-state index in [4.69, 9.17) is 0 Å². The van der Waals surface area contributed by atoms with E-state index in [2.05, 4.69) is 9.97 Å². The summed E-state index contributed by atoms with van der Waals surface area (Å²) in [5, 5.41) is 1.91. The summed E-state index contributed by atoms with van der Waals surface area (Å²) >= 11 is 1.54. The van der Waals surface area contributed by atoms with Gasteiger partial charge in [-0.25, -0.2) is 14.4 Å². The Morgan fingerprint density at radius 3 is 2.60 bits per heavy atom. The van der Waals surface area contributed by atoms with Gasteiger partial charge in [-0.05, 0) is 24.6 Å². The van der Waals surface area contributed by atoms with Crippen molar-refractivity contribution in [3.63, 3.8) is 0 Å². The molecule has 20 heavy (non-hydrogen) atoms. The molecular formula is C16H13FN2S. The summed E-state index contributed by atoms with van der Waals surface area (Å²) < 4.78 is 13.6. The van der Waals surface area contributed by atoms with Gasteiger partial charge >= 0.3 is 0 Å². The first-order valence-electron chi connectivity index (χ1n) is 6.33. The highest BCUT2D eigenvalue weighted by molar-refractivity contribution is 7.98. The summed E-state index contributed by atoms with van der Waals surface area (Å²) in [6.45, 7) is 1.87. The van der Waals surface area contributed by atoms with E-state index < -0.39 is 0 Å². The molecule has 0 aliphatic carbocycles. The Labute approximate surface area is 121 Å². The molecule has 3 rings (SSSR count). The number of thioether (sulfide) groups is 1. The highest BCUT2D eigenvalue weighted by Gasteiger charge is 2.08. The van der Waals surface area contributed by atoms with E-state index >= 15 is 0 Å². The first-order valence-corrected chi connectivity index (χ1v) is 7.32. The van der Waals surface area contributed by atoms with Gasteiger partial charge in [0, 0.05) is 11.1 Å². The van der Waals surface area contributed by atoms with E-state index in [0.717, 1.165) is 21.8 Å². The molecule has 1 aromatic heterocycles. The number of nitrogens with zero attached hydrogens (tertiary/aromatic N) is 2. The molecule has 0 radical (unpaired) electrons. The molecule has 3 aromatic rings. The lowest BCUT2D eigenvalue weighted by Gasteiger charge is -2.07. The molecular weight excluding hydrogens is 271 g/mol. The van der Waals surface area contributed by atoms with Crippen molar-refractivity contribution in [1.29, 1.82) is 0 Å². The first-order chi connectivity index (χ1) is 9.74. The second kappa shape index (κ2) is 5.59. The number of aromatic nitrogens is 2. The van der Waals surface area contributed by atoms with Gasteiger partial charge in [0.2, 0.25) is 0 Å². The molecule has 4 heteroatoms. The molecule has 0 atom stereocenters. The van der Waals surface area contributed by atoms with Crippen LogP contribution in [-0.2, 0) is 5.75 Å². The maximum atomic E-state index is 13.6. The number of hydrogen-bond donors (Lipinski definition) is 0. The number of rotatable bonds is 3. The van der Waals surface area contributed by atoms with Crippen LogP contribution in [0.15, 0.2) is 53.6 Å². The van der Waals surface area contributed by atoms with E-state index in [1.165, 1.54) is 6.07 Å². The van der Waals surface area contributed by atoms with E-state index in [0.29, 0.717) is 11.3 Å². The van der Waals surface area contributed by atoms with Crippen LogP contribution in [0.4, 0.5) is 4.39 Å². The van der Waals surface area contributed by atoms with Crippen LogP contribution < -0.4 is 0 Å². The summed E-state index contributed by atoms with van der Waals surface area (Å²) in [6, 6.07) is 14.7. The molecule has 0 saturated carbocycles. The van der Waals surface area contributed by atoms with Crippen LogP contribution in [0, 0.1) is 12.7 Å². The SMILES string of the molecule is Cc1nc(SCc2ccccc2F)c2ccccc2n1. The Hall–Kier alpha value is -1.94. The number of hydrogen-bond acceptors (Lipinski definition) is 3. The van der Waals surface area contributed by atoms with Gasteiger partial charge < -0.3 is 0 Å². The zero-order valence-electron chi connectivity index (χ0n) is 11.0. The highest BCUT2D eigenvalue weighted by atomic mass is 32.2. The third-order valence-electron chi connectivity index (χ3n) is 3.00. The van der Waals surface area contributed by atoms with Crippen molar-refractivity contribution >= 4 is 22.7 Å². The summed E-state index contributed by atoms with van der Waals surface area (Å²) in [7, 11) is 0. The van der Waals surface area contributed by atoms with Gasteiger partial charge in [0.25, 0.3) is 0 Å². The largest absolute Gasteiger partial charge is 0.233 e. The number of benzene rings is 2. The monoisotopic (exact) mass is 284 g/mol. The minimum atomic E-state index is -0.171. The molecule has 0 aliphatic rings. The van der Waals surface area contributed by atoms with Crippen LogP contribution in [0.25, 0.3) is 10.9 Å². The number of halogens is 1. The van der Waals surface area contributed by atoms with Gasteiger partial charge in [-0.3, -0.25) is 0 Å². The number of para-hydroxylation sites is 1. The number of fused-ring (bicyclic) bond motifs is 1. The summed E-state index contributed by atoms with van der Waals surface area (Å²) in [5.74, 6) is 1.13. The van der Waals surface area contributed by atoms with E-state index in [1.807, 2.05) is 37.3 Å². The Morgan fingerprint density at radius 1 is 1.00 bits per heavy atom. The molecule has 0 saturated heterocycles. The fourth-order valence-corrected chi connectivity index (χ4v) is 3.08. The summed E-state index contributed by atoms with van der Waals surface area (Å²) in [5.41, 5.74) is 1.62. The minimum absolute atomic E-state index is 0.171. The third-order valence-corrected chi connectivity index (χ3v) is 4.04. The lowest BCUT2D eigenvalue weighted by molar-refractivity contribution is 0.617. The van der Waals surface area contributed by atoms with Crippen molar-refractivity contribution < 1.29 is 4.39 Å². The quantitative estimate of drug-likeness (QED) is 0.527. The van der Waals surface area contributed by atoms with Gasteiger partial charge in [-0.2, -0.15) is 0 Å². The molecule has 2 aromatic carbocycles. The number of aryl methyl sites for hydroxylation is 1. The first kappa shape index (κ1) is 13.1. The minimum Gasteiger partial charge on any atom is -0.233 e. The van der Waals surface area contributed by atoms with Crippen molar-refractivity contribution in [1.82, 2.24) is 9.97 Å². The Balaban J connectivity index is 1.93. The van der Waals surface area contributed by atoms with Gasteiger partial charge in [0.05, 0.1) is 5.52 Å². The Morgan fingerprint density at radius 2 is 1.75 bits per heavy atom. The molecule has 1 heterocycles. The lowest BCUT2D eigenvalue weighted by Crippen LogP contribution is -1.93. The van der Waals surface area contributed by atoms with Crippen LogP contribution in [0.1, 0.15) is 11.4 Å². The van der Waals surface area contributed by atoms with Crippen LogP contribution in [0.2, 0.25) is 0 Å². The van der Waals surface area contributed by atoms with Crippen molar-refractivity contribution in [2.45, 2.75) is 17.7 Å². The molecule has 100 valence electrons. The van der Waals surface area contributed by atoms with E-state index in [1.54, 1.807) is 23.9 Å².